The van der Waals surface area contributed by atoms with Crippen LogP contribution < -0.4 is 5.32 Å². The van der Waals surface area contributed by atoms with E-state index in [1.54, 1.807) is 11.8 Å². The smallest absolute Gasteiger partial charge is 0.161 e. The zero-order valence-corrected chi connectivity index (χ0v) is 10.7. The van der Waals surface area contributed by atoms with Gasteiger partial charge in [0.2, 0.25) is 0 Å². The van der Waals surface area contributed by atoms with Gasteiger partial charge in [-0.1, -0.05) is 60.3 Å². The Hall–Kier alpha value is -1.74. The van der Waals surface area contributed by atoms with Crippen LogP contribution >= 0.6 is 11.8 Å². The summed E-state index contributed by atoms with van der Waals surface area (Å²) in [6.45, 7) is 0. The Kier molecular flexibility index (Phi) is 3.33. The Bertz CT molecular complexity index is 537. The first kappa shape index (κ1) is 11.4. The SMILES string of the molecule is c1ccc(NC2=N[C@H](c3ccccc3)CS2)cc1. The number of benzene rings is 2. The lowest BCUT2D eigenvalue weighted by Gasteiger charge is -2.04. The molecule has 0 bridgehead atoms. The number of hydrogen-bond donors (Lipinski definition) is 1. The van der Waals surface area contributed by atoms with E-state index >= 15 is 0 Å². The van der Waals surface area contributed by atoms with Gasteiger partial charge in [0, 0.05) is 11.4 Å². The molecule has 3 rings (SSSR count). The lowest BCUT2D eigenvalue weighted by atomic mass is 10.1. The van der Waals surface area contributed by atoms with Crippen molar-refractivity contribution in [2.45, 2.75) is 6.04 Å². The second kappa shape index (κ2) is 5.27. The first-order chi connectivity index (χ1) is 8.92. The van der Waals surface area contributed by atoms with Crippen molar-refractivity contribution in [3.05, 3.63) is 66.2 Å². The van der Waals surface area contributed by atoms with E-state index in [2.05, 4.69) is 41.7 Å². The van der Waals surface area contributed by atoms with Gasteiger partial charge in [0.25, 0.3) is 0 Å². The maximum atomic E-state index is 4.72. The molecule has 0 aromatic heterocycles. The van der Waals surface area contributed by atoms with Crippen molar-refractivity contribution in [3.8, 4) is 0 Å². The van der Waals surface area contributed by atoms with E-state index in [-0.39, 0.29) is 6.04 Å². The fourth-order valence-electron chi connectivity index (χ4n) is 1.93. The fraction of sp³-hybridized carbons (Fsp3) is 0.133. The molecule has 2 nitrogen and oxygen atoms in total. The highest BCUT2D eigenvalue weighted by Crippen LogP contribution is 2.30. The van der Waals surface area contributed by atoms with Crippen molar-refractivity contribution in [3.63, 3.8) is 0 Å². The molecule has 0 radical (unpaired) electrons. The van der Waals surface area contributed by atoms with E-state index in [1.165, 1.54) is 5.56 Å². The van der Waals surface area contributed by atoms with Gasteiger partial charge < -0.3 is 5.32 Å². The second-order valence-corrected chi connectivity index (χ2v) is 5.17. The van der Waals surface area contributed by atoms with Crippen LogP contribution in [0.4, 0.5) is 5.69 Å². The third-order valence-corrected chi connectivity index (χ3v) is 3.82. The number of nitrogens with zero attached hydrogens (tertiary/aromatic N) is 1. The van der Waals surface area contributed by atoms with Gasteiger partial charge in [-0.15, -0.1) is 0 Å². The molecule has 0 unspecified atom stereocenters. The Morgan fingerprint density at radius 1 is 0.944 bits per heavy atom. The molecule has 1 heterocycles. The number of aliphatic imine (C=N–C) groups is 1. The minimum absolute atomic E-state index is 0.280. The van der Waals surface area contributed by atoms with Crippen LogP contribution in [0.15, 0.2) is 65.7 Å². The largest absolute Gasteiger partial charge is 0.335 e. The average molecular weight is 254 g/mol. The van der Waals surface area contributed by atoms with E-state index in [4.69, 9.17) is 4.99 Å². The lowest BCUT2D eigenvalue weighted by molar-refractivity contribution is 0.849. The van der Waals surface area contributed by atoms with Crippen LogP contribution in [-0.2, 0) is 0 Å². The van der Waals surface area contributed by atoms with Crippen LogP contribution in [0, 0.1) is 0 Å². The summed E-state index contributed by atoms with van der Waals surface area (Å²) in [6.07, 6.45) is 0. The quantitative estimate of drug-likeness (QED) is 0.877. The van der Waals surface area contributed by atoms with Crippen molar-refractivity contribution in [2.75, 3.05) is 11.1 Å². The molecule has 0 amide bonds. The summed E-state index contributed by atoms with van der Waals surface area (Å²) in [4.78, 5) is 4.72. The molecule has 0 fully saturated rings. The molecule has 18 heavy (non-hydrogen) atoms. The number of rotatable bonds is 2. The molecule has 2 aromatic carbocycles. The van der Waals surface area contributed by atoms with Gasteiger partial charge in [0.1, 0.15) is 0 Å². The number of nitrogens with one attached hydrogen (secondary N) is 1. The van der Waals surface area contributed by atoms with Crippen molar-refractivity contribution >= 4 is 22.6 Å². The normalized spacial score (nSPS) is 18.4. The van der Waals surface area contributed by atoms with Crippen LogP contribution in [0.25, 0.3) is 0 Å². The zero-order chi connectivity index (χ0) is 12.2. The molecular weight excluding hydrogens is 240 g/mol. The number of hydrogen-bond acceptors (Lipinski definition) is 3. The minimum atomic E-state index is 0.280. The fourth-order valence-corrected chi connectivity index (χ4v) is 2.91. The maximum Gasteiger partial charge on any atom is 0.161 e. The highest BCUT2D eigenvalue weighted by molar-refractivity contribution is 8.14. The highest BCUT2D eigenvalue weighted by Gasteiger charge is 2.19. The number of para-hydroxylation sites is 1. The highest BCUT2D eigenvalue weighted by atomic mass is 32.2. The Labute approximate surface area is 111 Å². The molecule has 0 saturated carbocycles. The summed E-state index contributed by atoms with van der Waals surface area (Å²) in [6, 6.07) is 20.9. The molecule has 1 N–H and O–H groups in total. The van der Waals surface area contributed by atoms with E-state index in [0.717, 1.165) is 16.6 Å². The Morgan fingerprint density at radius 2 is 1.61 bits per heavy atom. The monoisotopic (exact) mass is 254 g/mol. The summed E-state index contributed by atoms with van der Waals surface area (Å²) < 4.78 is 0. The van der Waals surface area contributed by atoms with Crippen LogP contribution in [0.2, 0.25) is 0 Å². The topological polar surface area (TPSA) is 24.4 Å². The number of amidine groups is 1. The third-order valence-electron chi connectivity index (χ3n) is 2.86. The Morgan fingerprint density at radius 3 is 2.33 bits per heavy atom. The molecule has 1 atom stereocenters. The van der Waals surface area contributed by atoms with Crippen LogP contribution in [-0.4, -0.2) is 10.9 Å². The predicted octanol–water partition coefficient (Wildman–Crippen LogP) is 3.94. The van der Waals surface area contributed by atoms with E-state index in [1.807, 2.05) is 24.3 Å². The molecular formula is C15H14N2S. The summed E-state index contributed by atoms with van der Waals surface area (Å²) in [5.41, 5.74) is 2.38. The maximum absolute atomic E-state index is 4.72. The van der Waals surface area contributed by atoms with Gasteiger partial charge in [-0.25, -0.2) is 0 Å². The zero-order valence-electron chi connectivity index (χ0n) is 9.91. The summed E-state index contributed by atoms with van der Waals surface area (Å²) in [7, 11) is 0. The van der Waals surface area contributed by atoms with Gasteiger partial charge in [-0.3, -0.25) is 4.99 Å². The van der Waals surface area contributed by atoms with Crippen molar-refractivity contribution in [1.82, 2.24) is 0 Å². The first-order valence-corrected chi connectivity index (χ1v) is 6.98. The van der Waals surface area contributed by atoms with E-state index < -0.39 is 0 Å². The van der Waals surface area contributed by atoms with Crippen LogP contribution in [0.3, 0.4) is 0 Å². The van der Waals surface area contributed by atoms with Crippen LogP contribution in [0.5, 0.6) is 0 Å². The van der Waals surface area contributed by atoms with Gasteiger partial charge in [0.15, 0.2) is 5.17 Å². The van der Waals surface area contributed by atoms with Crippen molar-refractivity contribution in [2.24, 2.45) is 4.99 Å². The molecule has 1 aliphatic heterocycles. The standard InChI is InChI=1S/C15H14N2S/c1-3-7-12(8-4-1)14-11-18-15(17-14)16-13-9-5-2-6-10-13/h1-10,14H,11H2,(H,16,17)/t14-/m0/s1. The number of anilines is 1. The van der Waals surface area contributed by atoms with E-state index in [9.17, 15) is 0 Å². The minimum Gasteiger partial charge on any atom is -0.335 e. The molecule has 0 saturated heterocycles. The molecule has 3 heteroatoms. The molecule has 1 aliphatic rings. The molecule has 0 spiro atoms. The van der Waals surface area contributed by atoms with Gasteiger partial charge in [-0.05, 0) is 17.7 Å². The molecule has 90 valence electrons. The summed E-state index contributed by atoms with van der Waals surface area (Å²) in [5.74, 6) is 1.01. The molecule has 0 aliphatic carbocycles. The van der Waals surface area contributed by atoms with E-state index in [0.29, 0.717) is 0 Å². The number of thioether (sulfide) groups is 1. The average Bonchev–Trinajstić information content (AvgIpc) is 2.89. The summed E-state index contributed by atoms with van der Waals surface area (Å²) in [5, 5.41) is 4.36. The van der Waals surface area contributed by atoms with Gasteiger partial charge in [0.05, 0.1) is 6.04 Å². The third kappa shape index (κ3) is 2.57. The van der Waals surface area contributed by atoms with Crippen molar-refractivity contribution < 1.29 is 0 Å². The molecule has 2 aromatic rings. The Balaban J connectivity index is 1.73. The van der Waals surface area contributed by atoms with Crippen molar-refractivity contribution in [1.29, 1.82) is 0 Å². The lowest BCUT2D eigenvalue weighted by Crippen LogP contribution is -2.04. The predicted molar refractivity (Wildman–Crippen MR) is 79.1 cm³/mol. The first-order valence-electron chi connectivity index (χ1n) is 5.99. The van der Waals surface area contributed by atoms with Gasteiger partial charge >= 0.3 is 0 Å². The second-order valence-electron chi connectivity index (χ2n) is 4.16. The van der Waals surface area contributed by atoms with Crippen LogP contribution in [0.1, 0.15) is 11.6 Å². The van der Waals surface area contributed by atoms with Gasteiger partial charge in [-0.2, -0.15) is 0 Å². The summed E-state index contributed by atoms with van der Waals surface area (Å²) >= 11 is 1.78.